The molecule has 3 rings (SSSR count). The Morgan fingerprint density at radius 3 is 3.00 bits per heavy atom. The van der Waals surface area contributed by atoms with Crippen molar-refractivity contribution in [2.24, 2.45) is 17.8 Å². The number of carbonyl (C=O) groups excluding carboxylic acids is 1. The molecule has 0 saturated heterocycles. The van der Waals surface area contributed by atoms with Crippen molar-refractivity contribution in [3.63, 3.8) is 0 Å². The number of fused-ring (bicyclic) bond motifs is 1. The maximum absolute atomic E-state index is 12.3. The van der Waals surface area contributed by atoms with E-state index in [1.165, 1.54) is 23.3 Å². The van der Waals surface area contributed by atoms with Crippen LogP contribution in [0, 0.1) is 17.8 Å². The third-order valence-electron chi connectivity index (χ3n) is 5.13. The van der Waals surface area contributed by atoms with Crippen molar-refractivity contribution in [3.05, 3.63) is 21.4 Å². The highest BCUT2D eigenvalue weighted by molar-refractivity contribution is 7.14. The highest BCUT2D eigenvalue weighted by atomic mass is 32.1. The summed E-state index contributed by atoms with van der Waals surface area (Å²) in [5.41, 5.74) is 1.39. The van der Waals surface area contributed by atoms with Crippen molar-refractivity contribution in [2.45, 2.75) is 45.4 Å². The van der Waals surface area contributed by atoms with Crippen LogP contribution >= 0.6 is 11.3 Å². The Bertz CT molecular complexity index is 511. The van der Waals surface area contributed by atoms with Crippen molar-refractivity contribution in [1.29, 1.82) is 0 Å². The first kappa shape index (κ1) is 15.0. The fraction of sp³-hybridized carbons (Fsp3) is 0.706. The molecule has 0 aliphatic heterocycles. The SMILES string of the molecule is CC1CCc2sc(C(=O)NCC3CCCC3CO)cc2C1. The van der Waals surface area contributed by atoms with Crippen LogP contribution in [0.3, 0.4) is 0 Å². The molecule has 1 saturated carbocycles. The fourth-order valence-electron chi connectivity index (χ4n) is 3.75. The number of aliphatic hydroxyl groups is 1. The van der Waals surface area contributed by atoms with Crippen molar-refractivity contribution in [2.75, 3.05) is 13.2 Å². The first-order valence-electron chi connectivity index (χ1n) is 8.18. The van der Waals surface area contributed by atoms with Crippen LogP contribution in [-0.2, 0) is 12.8 Å². The molecule has 4 heteroatoms. The Hall–Kier alpha value is -0.870. The number of carbonyl (C=O) groups is 1. The molecular weight excluding hydrogens is 282 g/mol. The van der Waals surface area contributed by atoms with Crippen LogP contribution in [0.15, 0.2) is 6.07 Å². The molecule has 1 heterocycles. The largest absolute Gasteiger partial charge is 0.396 e. The molecule has 1 aromatic heterocycles. The fourth-order valence-corrected chi connectivity index (χ4v) is 4.88. The summed E-state index contributed by atoms with van der Waals surface area (Å²) in [6, 6.07) is 2.10. The molecule has 116 valence electrons. The number of hydrogen-bond donors (Lipinski definition) is 2. The lowest BCUT2D eigenvalue weighted by atomic mass is 9.90. The molecule has 2 N–H and O–H groups in total. The van der Waals surface area contributed by atoms with Gasteiger partial charge in [-0.25, -0.2) is 0 Å². The van der Waals surface area contributed by atoms with E-state index in [1.54, 1.807) is 11.3 Å². The maximum atomic E-state index is 12.3. The van der Waals surface area contributed by atoms with E-state index in [0.29, 0.717) is 18.4 Å². The lowest BCUT2D eigenvalue weighted by Crippen LogP contribution is -2.31. The Labute approximate surface area is 130 Å². The number of nitrogens with one attached hydrogen (secondary N) is 1. The monoisotopic (exact) mass is 307 g/mol. The summed E-state index contributed by atoms with van der Waals surface area (Å²) >= 11 is 1.67. The van der Waals surface area contributed by atoms with E-state index >= 15 is 0 Å². The Morgan fingerprint density at radius 2 is 2.19 bits per heavy atom. The van der Waals surface area contributed by atoms with Gasteiger partial charge in [-0.3, -0.25) is 4.79 Å². The van der Waals surface area contributed by atoms with Gasteiger partial charge in [0.15, 0.2) is 0 Å². The summed E-state index contributed by atoms with van der Waals surface area (Å²) in [6.07, 6.45) is 6.90. The number of rotatable bonds is 4. The van der Waals surface area contributed by atoms with Crippen LogP contribution in [-0.4, -0.2) is 24.2 Å². The van der Waals surface area contributed by atoms with Crippen molar-refractivity contribution in [1.82, 2.24) is 5.32 Å². The predicted octanol–water partition coefficient (Wildman–Crippen LogP) is 3.01. The van der Waals surface area contributed by atoms with E-state index in [9.17, 15) is 9.90 Å². The standard InChI is InChI=1S/C17H25NO2S/c1-11-5-6-15-14(7-11)8-16(21-15)17(20)18-9-12-3-2-4-13(12)10-19/h8,11-13,19H,2-7,9-10H2,1H3,(H,18,20). The minimum Gasteiger partial charge on any atom is -0.396 e. The topological polar surface area (TPSA) is 49.3 Å². The van der Waals surface area contributed by atoms with E-state index in [-0.39, 0.29) is 12.5 Å². The lowest BCUT2D eigenvalue weighted by molar-refractivity contribution is 0.0941. The van der Waals surface area contributed by atoms with Gasteiger partial charge in [0, 0.05) is 18.0 Å². The number of amides is 1. The molecule has 0 aromatic carbocycles. The molecule has 3 atom stereocenters. The van der Waals surface area contributed by atoms with Gasteiger partial charge in [0.2, 0.25) is 0 Å². The average Bonchev–Trinajstić information content (AvgIpc) is 3.10. The van der Waals surface area contributed by atoms with Crippen molar-refractivity contribution in [3.8, 4) is 0 Å². The molecule has 0 spiro atoms. The number of thiophene rings is 1. The van der Waals surface area contributed by atoms with Crippen LogP contribution in [0.5, 0.6) is 0 Å². The summed E-state index contributed by atoms with van der Waals surface area (Å²) in [5.74, 6) is 1.65. The molecule has 0 radical (unpaired) electrons. The zero-order chi connectivity index (χ0) is 14.8. The number of hydrogen-bond acceptors (Lipinski definition) is 3. The van der Waals surface area contributed by atoms with Crippen molar-refractivity contribution >= 4 is 17.2 Å². The van der Waals surface area contributed by atoms with Gasteiger partial charge in [0.05, 0.1) is 4.88 Å². The Balaban J connectivity index is 1.58. The van der Waals surface area contributed by atoms with Crippen LogP contribution in [0.2, 0.25) is 0 Å². The van der Waals surface area contributed by atoms with E-state index in [4.69, 9.17) is 0 Å². The predicted molar refractivity (Wildman–Crippen MR) is 85.8 cm³/mol. The van der Waals surface area contributed by atoms with Gasteiger partial charge in [0.25, 0.3) is 5.91 Å². The third kappa shape index (κ3) is 3.32. The molecular formula is C17H25NO2S. The van der Waals surface area contributed by atoms with E-state index in [2.05, 4.69) is 18.3 Å². The van der Waals surface area contributed by atoms with Gasteiger partial charge >= 0.3 is 0 Å². The van der Waals surface area contributed by atoms with Gasteiger partial charge in [0.1, 0.15) is 0 Å². The zero-order valence-corrected chi connectivity index (χ0v) is 13.5. The maximum Gasteiger partial charge on any atom is 0.261 e. The summed E-state index contributed by atoms with van der Waals surface area (Å²) in [4.78, 5) is 14.6. The van der Waals surface area contributed by atoms with Gasteiger partial charge in [-0.2, -0.15) is 0 Å². The molecule has 0 bridgehead atoms. The van der Waals surface area contributed by atoms with Crippen LogP contribution in [0.25, 0.3) is 0 Å². The molecule has 2 aliphatic carbocycles. The quantitative estimate of drug-likeness (QED) is 0.898. The molecule has 1 amide bonds. The molecule has 3 nitrogen and oxygen atoms in total. The Kier molecular flexibility index (Phi) is 4.65. The molecule has 21 heavy (non-hydrogen) atoms. The lowest BCUT2D eigenvalue weighted by Gasteiger charge is -2.17. The highest BCUT2D eigenvalue weighted by Gasteiger charge is 2.27. The van der Waals surface area contributed by atoms with Crippen LogP contribution < -0.4 is 5.32 Å². The second-order valence-corrected chi connectivity index (χ2v) is 7.89. The van der Waals surface area contributed by atoms with Gasteiger partial charge in [-0.15, -0.1) is 11.3 Å². The smallest absolute Gasteiger partial charge is 0.261 e. The first-order valence-corrected chi connectivity index (χ1v) is 8.99. The molecule has 1 fully saturated rings. The van der Waals surface area contributed by atoms with Crippen LogP contribution in [0.4, 0.5) is 0 Å². The summed E-state index contributed by atoms with van der Waals surface area (Å²) < 4.78 is 0. The van der Waals surface area contributed by atoms with E-state index in [1.807, 2.05) is 0 Å². The molecule has 3 unspecified atom stereocenters. The normalized spacial score (nSPS) is 28.4. The summed E-state index contributed by atoms with van der Waals surface area (Å²) in [6.45, 7) is 3.25. The summed E-state index contributed by atoms with van der Waals surface area (Å²) in [7, 11) is 0. The second-order valence-electron chi connectivity index (χ2n) is 6.75. The van der Waals surface area contributed by atoms with E-state index < -0.39 is 0 Å². The van der Waals surface area contributed by atoms with Gasteiger partial charge in [-0.05, 0) is 61.5 Å². The average molecular weight is 307 g/mol. The summed E-state index contributed by atoms with van der Waals surface area (Å²) in [5, 5.41) is 12.4. The highest BCUT2D eigenvalue weighted by Crippen LogP contribution is 2.33. The van der Waals surface area contributed by atoms with E-state index in [0.717, 1.165) is 36.5 Å². The van der Waals surface area contributed by atoms with Crippen LogP contribution in [0.1, 0.15) is 52.7 Å². The van der Waals surface area contributed by atoms with Crippen molar-refractivity contribution < 1.29 is 9.90 Å². The van der Waals surface area contributed by atoms with Gasteiger partial charge in [-0.1, -0.05) is 13.3 Å². The molecule has 2 aliphatic rings. The molecule has 1 aromatic rings. The third-order valence-corrected chi connectivity index (χ3v) is 6.36. The van der Waals surface area contributed by atoms with Gasteiger partial charge < -0.3 is 10.4 Å². The minimum absolute atomic E-state index is 0.0747. The number of aliphatic hydroxyl groups excluding tert-OH is 1. The Morgan fingerprint density at radius 1 is 1.38 bits per heavy atom. The first-order chi connectivity index (χ1) is 10.2. The second kappa shape index (κ2) is 6.49. The zero-order valence-electron chi connectivity index (χ0n) is 12.7. The minimum atomic E-state index is 0.0747. The number of aryl methyl sites for hydroxylation is 1.